The Bertz CT molecular complexity index is 1040. The van der Waals surface area contributed by atoms with Gasteiger partial charge in [0.15, 0.2) is 5.76 Å². The molecule has 0 radical (unpaired) electrons. The van der Waals surface area contributed by atoms with Crippen molar-refractivity contribution in [2.75, 3.05) is 20.8 Å². The Hall–Kier alpha value is -3.06. The Morgan fingerprint density at radius 1 is 1.07 bits per heavy atom. The van der Waals surface area contributed by atoms with Crippen molar-refractivity contribution in [2.24, 2.45) is 0 Å². The number of ether oxygens (including phenoxy) is 2. The Balaban J connectivity index is 1.57. The van der Waals surface area contributed by atoms with Crippen LogP contribution in [0.5, 0.6) is 11.5 Å². The van der Waals surface area contributed by atoms with Crippen LogP contribution in [-0.4, -0.2) is 30.9 Å². The summed E-state index contributed by atoms with van der Waals surface area (Å²) in [6.45, 7) is 2.33. The van der Waals surface area contributed by atoms with Gasteiger partial charge < -0.3 is 19.2 Å². The van der Waals surface area contributed by atoms with Gasteiger partial charge in [0.05, 0.1) is 30.8 Å². The van der Waals surface area contributed by atoms with Gasteiger partial charge in [-0.25, -0.2) is 0 Å². The number of benzene rings is 2. The Kier molecular flexibility index (Phi) is 7.30. The molecule has 158 valence electrons. The van der Waals surface area contributed by atoms with Crippen LogP contribution < -0.4 is 14.8 Å². The third-order valence-electron chi connectivity index (χ3n) is 4.67. The maximum absolute atomic E-state index is 12.6. The number of hydrogen-bond donors (Lipinski definition) is 1. The number of furan rings is 1. The summed E-state index contributed by atoms with van der Waals surface area (Å²) in [6.07, 6.45) is 0.580. The van der Waals surface area contributed by atoms with E-state index in [-0.39, 0.29) is 17.4 Å². The lowest BCUT2D eigenvalue weighted by molar-refractivity contribution is 0.0925. The quantitative estimate of drug-likeness (QED) is 0.561. The van der Waals surface area contributed by atoms with Gasteiger partial charge in [0, 0.05) is 11.4 Å². The molecule has 0 unspecified atom stereocenters. The molecule has 3 rings (SSSR count). The van der Waals surface area contributed by atoms with Crippen molar-refractivity contribution < 1.29 is 22.9 Å². The van der Waals surface area contributed by atoms with E-state index >= 15 is 0 Å². The zero-order valence-electron chi connectivity index (χ0n) is 17.3. The molecule has 0 saturated heterocycles. The van der Waals surface area contributed by atoms with Crippen molar-refractivity contribution in [2.45, 2.75) is 24.0 Å². The molecule has 7 heteroatoms. The predicted molar refractivity (Wildman–Crippen MR) is 116 cm³/mol. The highest BCUT2D eigenvalue weighted by Crippen LogP contribution is 2.24. The number of hydrogen-bond acceptors (Lipinski definition) is 5. The van der Waals surface area contributed by atoms with Gasteiger partial charge in [-0.2, -0.15) is 0 Å². The fourth-order valence-electron chi connectivity index (χ4n) is 3.07. The first-order chi connectivity index (χ1) is 14.5. The van der Waals surface area contributed by atoms with E-state index in [0.29, 0.717) is 18.7 Å². The summed E-state index contributed by atoms with van der Waals surface area (Å²) in [5.74, 6) is 2.09. The summed E-state index contributed by atoms with van der Waals surface area (Å²) in [6, 6.07) is 16.4. The van der Waals surface area contributed by atoms with E-state index in [2.05, 4.69) is 5.32 Å². The molecule has 0 aliphatic carbocycles. The van der Waals surface area contributed by atoms with E-state index in [0.717, 1.165) is 27.5 Å². The zero-order chi connectivity index (χ0) is 21.5. The van der Waals surface area contributed by atoms with E-state index in [4.69, 9.17) is 13.9 Å². The lowest BCUT2D eigenvalue weighted by atomic mass is 10.1. The lowest BCUT2D eigenvalue weighted by Crippen LogP contribution is -2.25. The van der Waals surface area contributed by atoms with Crippen molar-refractivity contribution in [1.29, 1.82) is 0 Å². The van der Waals surface area contributed by atoms with Gasteiger partial charge in [0.1, 0.15) is 17.3 Å². The van der Waals surface area contributed by atoms with Crippen molar-refractivity contribution in [3.63, 3.8) is 0 Å². The third-order valence-corrected chi connectivity index (χ3v) is 6.16. The third kappa shape index (κ3) is 5.30. The first-order valence-electron chi connectivity index (χ1n) is 9.53. The Morgan fingerprint density at radius 3 is 2.60 bits per heavy atom. The highest BCUT2D eigenvalue weighted by atomic mass is 32.2. The van der Waals surface area contributed by atoms with Crippen LogP contribution in [0, 0.1) is 6.92 Å². The number of carbonyl (C=O) groups is 1. The van der Waals surface area contributed by atoms with Crippen molar-refractivity contribution >= 4 is 16.7 Å². The number of rotatable bonds is 9. The summed E-state index contributed by atoms with van der Waals surface area (Å²) in [4.78, 5) is 13.2. The van der Waals surface area contributed by atoms with E-state index in [1.807, 2.05) is 49.4 Å². The smallest absolute Gasteiger partial charge is 0.287 e. The molecular weight excluding hydrogens is 402 g/mol. The van der Waals surface area contributed by atoms with E-state index in [1.54, 1.807) is 26.4 Å². The fraction of sp³-hybridized carbons (Fsp3) is 0.261. The predicted octanol–water partition coefficient (Wildman–Crippen LogP) is 3.89. The molecule has 30 heavy (non-hydrogen) atoms. The first kappa shape index (κ1) is 21.6. The lowest BCUT2D eigenvalue weighted by Gasteiger charge is -2.10. The average molecular weight is 428 g/mol. The molecule has 1 heterocycles. The number of methoxy groups -OCH3 is 2. The molecule has 1 N–H and O–H groups in total. The van der Waals surface area contributed by atoms with Gasteiger partial charge in [0.25, 0.3) is 5.91 Å². The van der Waals surface area contributed by atoms with Crippen LogP contribution in [0.3, 0.4) is 0 Å². The average Bonchev–Trinajstić information content (AvgIpc) is 3.22. The first-order valence-corrected chi connectivity index (χ1v) is 10.9. The number of aryl methyl sites for hydroxylation is 1. The highest BCUT2D eigenvalue weighted by molar-refractivity contribution is 7.84. The van der Waals surface area contributed by atoms with Gasteiger partial charge in [-0.3, -0.25) is 9.00 Å². The van der Waals surface area contributed by atoms with Crippen LogP contribution in [0.25, 0.3) is 0 Å². The minimum absolute atomic E-state index is 0.199. The van der Waals surface area contributed by atoms with Crippen LogP contribution in [-0.2, 0) is 23.0 Å². The van der Waals surface area contributed by atoms with E-state index < -0.39 is 10.8 Å². The summed E-state index contributed by atoms with van der Waals surface area (Å²) in [5.41, 5.74) is 1.90. The fourth-order valence-corrected chi connectivity index (χ4v) is 4.30. The molecule has 0 saturated carbocycles. The second-order valence-corrected chi connectivity index (χ2v) is 8.12. The highest BCUT2D eigenvalue weighted by Gasteiger charge is 2.15. The van der Waals surface area contributed by atoms with Crippen molar-refractivity contribution in [3.05, 3.63) is 77.2 Å². The second kappa shape index (κ2) is 10.1. The largest absolute Gasteiger partial charge is 0.497 e. The maximum Gasteiger partial charge on any atom is 0.287 e. The molecule has 6 nitrogen and oxygen atoms in total. The zero-order valence-corrected chi connectivity index (χ0v) is 18.1. The van der Waals surface area contributed by atoms with Crippen molar-refractivity contribution in [1.82, 2.24) is 5.32 Å². The van der Waals surface area contributed by atoms with Gasteiger partial charge in [-0.1, -0.05) is 18.2 Å². The monoisotopic (exact) mass is 427 g/mol. The van der Waals surface area contributed by atoms with E-state index in [9.17, 15) is 9.00 Å². The molecule has 0 spiro atoms. The molecule has 3 aromatic rings. The second-order valence-electron chi connectivity index (χ2n) is 6.70. The standard InChI is InChI=1S/C23H25NO5S/c1-16-6-4-5-7-22(16)30(26)15-19-9-11-21(29-19)23(25)24-13-12-17-14-18(27-2)8-10-20(17)28-3/h4-11,14H,12-13,15H2,1-3H3,(H,24,25)/t30-/m1/s1. The minimum Gasteiger partial charge on any atom is -0.497 e. The normalized spacial score (nSPS) is 11.7. The van der Waals surface area contributed by atoms with Crippen LogP contribution >= 0.6 is 0 Å². The van der Waals surface area contributed by atoms with Crippen LogP contribution in [0.2, 0.25) is 0 Å². The summed E-state index contributed by atoms with van der Waals surface area (Å²) in [7, 11) is 1.98. The number of carbonyl (C=O) groups excluding carboxylic acids is 1. The summed E-state index contributed by atoms with van der Waals surface area (Å²) in [5, 5.41) is 2.84. The molecule has 2 aromatic carbocycles. The van der Waals surface area contributed by atoms with Crippen molar-refractivity contribution in [3.8, 4) is 11.5 Å². The molecule has 0 aliphatic rings. The molecular formula is C23H25NO5S. The molecule has 1 aromatic heterocycles. The Labute approximate surface area is 178 Å². The number of nitrogens with one attached hydrogen (secondary N) is 1. The molecule has 1 amide bonds. The van der Waals surface area contributed by atoms with Crippen LogP contribution in [0.15, 0.2) is 63.9 Å². The SMILES string of the molecule is COc1ccc(OC)c(CCNC(=O)c2ccc(C[S@@](=O)c3ccccc3C)o2)c1. The van der Waals surface area contributed by atoms with Crippen LogP contribution in [0.1, 0.15) is 27.4 Å². The van der Waals surface area contributed by atoms with Crippen LogP contribution in [0.4, 0.5) is 0 Å². The molecule has 1 atom stereocenters. The van der Waals surface area contributed by atoms with Gasteiger partial charge in [-0.15, -0.1) is 0 Å². The number of amides is 1. The molecule has 0 fully saturated rings. The Morgan fingerprint density at radius 2 is 1.87 bits per heavy atom. The summed E-state index contributed by atoms with van der Waals surface area (Å²) >= 11 is 0. The van der Waals surface area contributed by atoms with Gasteiger partial charge >= 0.3 is 0 Å². The van der Waals surface area contributed by atoms with Gasteiger partial charge in [0.2, 0.25) is 0 Å². The van der Waals surface area contributed by atoms with E-state index in [1.165, 1.54) is 0 Å². The molecule has 0 aliphatic heterocycles. The summed E-state index contributed by atoms with van der Waals surface area (Å²) < 4.78 is 28.8. The topological polar surface area (TPSA) is 77.8 Å². The maximum atomic E-state index is 12.6. The molecule has 0 bridgehead atoms. The minimum atomic E-state index is -1.23. The van der Waals surface area contributed by atoms with Gasteiger partial charge in [-0.05, 0) is 60.9 Å².